The van der Waals surface area contributed by atoms with E-state index < -0.39 is 0 Å². The number of methoxy groups -OCH3 is 1. The van der Waals surface area contributed by atoms with Gasteiger partial charge in [0.15, 0.2) is 0 Å². The number of aromatic nitrogens is 2. The van der Waals surface area contributed by atoms with Crippen molar-refractivity contribution in [3.8, 4) is 0 Å². The number of hydrogen-bond donors (Lipinski definition) is 1. The summed E-state index contributed by atoms with van der Waals surface area (Å²) in [6, 6.07) is 0.599. The summed E-state index contributed by atoms with van der Waals surface area (Å²) in [5, 5.41) is 7.98. The molecule has 19 heavy (non-hydrogen) atoms. The van der Waals surface area contributed by atoms with Crippen molar-refractivity contribution >= 4 is 5.69 Å². The van der Waals surface area contributed by atoms with Gasteiger partial charge >= 0.3 is 0 Å². The summed E-state index contributed by atoms with van der Waals surface area (Å²) in [5.74, 6) is 0. The lowest BCUT2D eigenvalue weighted by molar-refractivity contribution is 0.183. The second-order valence-corrected chi connectivity index (χ2v) is 6.42. The molecule has 1 saturated carbocycles. The fourth-order valence-corrected chi connectivity index (χ4v) is 2.79. The molecule has 1 aromatic heterocycles. The van der Waals surface area contributed by atoms with Crippen LogP contribution in [-0.2, 0) is 11.3 Å². The average Bonchev–Trinajstić information content (AvgIpc) is 2.73. The number of hydrogen-bond acceptors (Lipinski definition) is 3. The minimum atomic E-state index is 0.513. The fourth-order valence-electron chi connectivity index (χ4n) is 2.79. The molecule has 1 aliphatic rings. The zero-order valence-electron chi connectivity index (χ0n) is 12.5. The Kier molecular flexibility index (Phi) is 4.86. The SMILES string of the molecule is COCCn1cc(NC2CCCC(C)(C)CC2)cn1. The maximum absolute atomic E-state index is 5.06. The normalized spacial score (nSPS) is 23.0. The molecule has 0 bridgehead atoms. The Morgan fingerprint density at radius 2 is 2.26 bits per heavy atom. The molecule has 1 aromatic rings. The maximum Gasteiger partial charge on any atom is 0.0728 e. The Bertz CT molecular complexity index is 386. The molecule has 108 valence electrons. The number of nitrogens with zero attached hydrogens (tertiary/aromatic N) is 2. The molecule has 0 aliphatic heterocycles. The van der Waals surface area contributed by atoms with Crippen molar-refractivity contribution in [3.05, 3.63) is 12.4 Å². The number of anilines is 1. The van der Waals surface area contributed by atoms with Crippen LogP contribution in [0.4, 0.5) is 5.69 Å². The molecule has 4 heteroatoms. The van der Waals surface area contributed by atoms with Gasteiger partial charge in [-0.3, -0.25) is 4.68 Å². The quantitative estimate of drug-likeness (QED) is 0.830. The van der Waals surface area contributed by atoms with E-state index in [1.807, 2.05) is 10.9 Å². The summed E-state index contributed by atoms with van der Waals surface area (Å²) in [6.07, 6.45) is 10.5. The van der Waals surface area contributed by atoms with Gasteiger partial charge in [0.05, 0.1) is 25.0 Å². The molecule has 0 aromatic carbocycles. The molecule has 1 unspecified atom stereocenters. The van der Waals surface area contributed by atoms with Gasteiger partial charge in [0, 0.05) is 19.3 Å². The van der Waals surface area contributed by atoms with Crippen LogP contribution in [0.3, 0.4) is 0 Å². The van der Waals surface area contributed by atoms with Gasteiger partial charge in [0.25, 0.3) is 0 Å². The van der Waals surface area contributed by atoms with Crippen molar-refractivity contribution in [2.75, 3.05) is 19.0 Å². The van der Waals surface area contributed by atoms with E-state index in [0.29, 0.717) is 18.1 Å². The van der Waals surface area contributed by atoms with E-state index in [4.69, 9.17) is 4.74 Å². The first-order valence-electron chi connectivity index (χ1n) is 7.37. The summed E-state index contributed by atoms with van der Waals surface area (Å²) < 4.78 is 7.00. The zero-order valence-corrected chi connectivity index (χ0v) is 12.5. The summed E-state index contributed by atoms with van der Waals surface area (Å²) in [5.41, 5.74) is 1.65. The maximum atomic E-state index is 5.06. The first-order valence-corrected chi connectivity index (χ1v) is 7.37. The minimum absolute atomic E-state index is 0.513. The Labute approximate surface area is 116 Å². The van der Waals surface area contributed by atoms with E-state index in [1.165, 1.54) is 32.1 Å². The third kappa shape index (κ3) is 4.53. The standard InChI is InChI=1S/C15H27N3O/c1-15(2)7-4-5-13(6-8-15)17-14-11-16-18(12-14)9-10-19-3/h11-13,17H,4-10H2,1-3H3. The highest BCUT2D eigenvalue weighted by Gasteiger charge is 2.24. The Hall–Kier alpha value is -1.03. The first kappa shape index (κ1) is 14.4. The molecular formula is C15H27N3O. The molecule has 1 heterocycles. The third-order valence-electron chi connectivity index (χ3n) is 4.10. The van der Waals surface area contributed by atoms with Crippen LogP contribution in [0.15, 0.2) is 12.4 Å². The van der Waals surface area contributed by atoms with Crippen LogP contribution in [-0.4, -0.2) is 29.5 Å². The predicted octanol–water partition coefficient (Wildman–Crippen LogP) is 3.30. The van der Waals surface area contributed by atoms with E-state index in [0.717, 1.165) is 12.2 Å². The van der Waals surface area contributed by atoms with Gasteiger partial charge < -0.3 is 10.1 Å². The molecular weight excluding hydrogens is 238 g/mol. The second kappa shape index (κ2) is 6.42. The van der Waals surface area contributed by atoms with Gasteiger partial charge in [-0.25, -0.2) is 0 Å². The molecule has 1 N–H and O–H groups in total. The molecule has 0 amide bonds. The van der Waals surface area contributed by atoms with Crippen molar-refractivity contribution in [1.29, 1.82) is 0 Å². The van der Waals surface area contributed by atoms with Crippen LogP contribution in [0.5, 0.6) is 0 Å². The second-order valence-electron chi connectivity index (χ2n) is 6.42. The lowest BCUT2D eigenvalue weighted by Crippen LogP contribution is -2.18. The zero-order chi connectivity index (χ0) is 13.7. The largest absolute Gasteiger partial charge is 0.383 e. The van der Waals surface area contributed by atoms with E-state index in [-0.39, 0.29) is 0 Å². The van der Waals surface area contributed by atoms with Gasteiger partial charge in [-0.05, 0) is 31.1 Å². The van der Waals surface area contributed by atoms with Crippen LogP contribution < -0.4 is 5.32 Å². The topological polar surface area (TPSA) is 39.1 Å². The van der Waals surface area contributed by atoms with Crippen LogP contribution in [0, 0.1) is 5.41 Å². The molecule has 0 radical (unpaired) electrons. The van der Waals surface area contributed by atoms with Crippen molar-refractivity contribution in [1.82, 2.24) is 9.78 Å². The first-order chi connectivity index (χ1) is 9.09. The highest BCUT2D eigenvalue weighted by Crippen LogP contribution is 2.34. The van der Waals surface area contributed by atoms with E-state index in [9.17, 15) is 0 Å². The molecule has 1 atom stereocenters. The molecule has 2 rings (SSSR count). The van der Waals surface area contributed by atoms with Crippen molar-refractivity contribution in [3.63, 3.8) is 0 Å². The smallest absolute Gasteiger partial charge is 0.0728 e. The lowest BCUT2D eigenvalue weighted by Gasteiger charge is -2.22. The summed E-state index contributed by atoms with van der Waals surface area (Å²) >= 11 is 0. The third-order valence-corrected chi connectivity index (χ3v) is 4.10. The molecule has 0 saturated heterocycles. The number of nitrogens with one attached hydrogen (secondary N) is 1. The monoisotopic (exact) mass is 265 g/mol. The summed E-state index contributed by atoms with van der Waals surface area (Å²) in [4.78, 5) is 0. The summed E-state index contributed by atoms with van der Waals surface area (Å²) in [6.45, 7) is 6.30. The molecule has 4 nitrogen and oxygen atoms in total. The van der Waals surface area contributed by atoms with Gasteiger partial charge in [0.2, 0.25) is 0 Å². The molecule has 1 aliphatic carbocycles. The van der Waals surface area contributed by atoms with Gasteiger partial charge in [-0.1, -0.05) is 20.3 Å². The van der Waals surface area contributed by atoms with Gasteiger partial charge in [0.1, 0.15) is 0 Å². The van der Waals surface area contributed by atoms with Crippen LogP contribution >= 0.6 is 0 Å². The summed E-state index contributed by atoms with van der Waals surface area (Å²) in [7, 11) is 1.72. The predicted molar refractivity (Wildman–Crippen MR) is 78.4 cm³/mol. The fraction of sp³-hybridized carbons (Fsp3) is 0.800. The average molecular weight is 265 g/mol. The van der Waals surface area contributed by atoms with Crippen LogP contribution in [0.1, 0.15) is 46.0 Å². The molecule has 1 fully saturated rings. The van der Waals surface area contributed by atoms with Crippen molar-refractivity contribution in [2.45, 2.75) is 58.5 Å². The highest BCUT2D eigenvalue weighted by atomic mass is 16.5. The van der Waals surface area contributed by atoms with Crippen molar-refractivity contribution in [2.24, 2.45) is 5.41 Å². The van der Waals surface area contributed by atoms with Crippen LogP contribution in [0.2, 0.25) is 0 Å². The molecule has 0 spiro atoms. The Morgan fingerprint density at radius 3 is 3.05 bits per heavy atom. The number of rotatable bonds is 5. The number of ether oxygens (including phenoxy) is 1. The minimum Gasteiger partial charge on any atom is -0.383 e. The van der Waals surface area contributed by atoms with Crippen LogP contribution in [0.25, 0.3) is 0 Å². The van der Waals surface area contributed by atoms with E-state index >= 15 is 0 Å². The lowest BCUT2D eigenvalue weighted by atomic mass is 9.85. The Morgan fingerprint density at radius 1 is 1.42 bits per heavy atom. The Balaban J connectivity index is 1.85. The van der Waals surface area contributed by atoms with Gasteiger partial charge in [-0.15, -0.1) is 0 Å². The highest BCUT2D eigenvalue weighted by molar-refractivity contribution is 5.39. The van der Waals surface area contributed by atoms with Gasteiger partial charge in [-0.2, -0.15) is 5.10 Å². The van der Waals surface area contributed by atoms with Crippen molar-refractivity contribution < 1.29 is 4.74 Å². The van der Waals surface area contributed by atoms with E-state index in [1.54, 1.807) is 7.11 Å². The van der Waals surface area contributed by atoms with E-state index in [2.05, 4.69) is 30.5 Å².